The molecule has 0 spiro atoms. The van der Waals surface area contributed by atoms with E-state index >= 15 is 0 Å². The number of nitrogens with one attached hydrogen (secondary N) is 1. The molecule has 2 aromatic rings. The Morgan fingerprint density at radius 3 is 2.75 bits per heavy atom. The second-order valence-electron chi connectivity index (χ2n) is 7.65. The molecule has 0 radical (unpaired) electrons. The molecule has 2 aliphatic heterocycles. The number of aromatic nitrogens is 3. The van der Waals surface area contributed by atoms with Crippen molar-refractivity contribution >= 4 is 17.6 Å². The van der Waals surface area contributed by atoms with Crippen molar-refractivity contribution in [1.82, 2.24) is 19.9 Å². The zero-order valence-electron chi connectivity index (χ0n) is 16.6. The van der Waals surface area contributed by atoms with E-state index in [-0.39, 0.29) is 17.8 Å². The Morgan fingerprint density at radius 2 is 2.07 bits per heavy atom. The smallest absolute Gasteiger partial charge is 0.256 e. The highest BCUT2D eigenvalue weighted by Crippen LogP contribution is 2.21. The molecule has 0 aromatic carbocycles. The normalized spacial score (nSPS) is 22.9. The third kappa shape index (κ3) is 4.24. The summed E-state index contributed by atoms with van der Waals surface area (Å²) >= 11 is 1.47. The molecule has 0 aliphatic carbocycles. The molecule has 1 N–H and O–H groups in total. The third-order valence-corrected chi connectivity index (χ3v) is 5.86. The predicted molar refractivity (Wildman–Crippen MR) is 111 cm³/mol. The second-order valence-corrected chi connectivity index (χ2v) is 8.44. The van der Waals surface area contributed by atoms with E-state index in [1.54, 1.807) is 0 Å². The van der Waals surface area contributed by atoms with E-state index in [4.69, 9.17) is 4.74 Å². The van der Waals surface area contributed by atoms with E-state index in [0.29, 0.717) is 11.7 Å². The molecule has 0 amide bonds. The molecule has 4 rings (SSSR count). The number of rotatable bonds is 4. The van der Waals surface area contributed by atoms with Crippen LogP contribution >= 0.6 is 11.8 Å². The van der Waals surface area contributed by atoms with Gasteiger partial charge in [-0.1, -0.05) is 17.8 Å². The van der Waals surface area contributed by atoms with Crippen molar-refractivity contribution in [3.05, 3.63) is 45.5 Å². The largest absolute Gasteiger partial charge is 0.372 e. The van der Waals surface area contributed by atoms with Gasteiger partial charge in [-0.2, -0.15) is 0 Å². The fraction of sp³-hybridized carbons (Fsp3) is 0.550. The van der Waals surface area contributed by atoms with Crippen LogP contribution in [0.4, 0.5) is 5.82 Å². The fourth-order valence-electron chi connectivity index (χ4n) is 4.01. The lowest BCUT2D eigenvalue weighted by Crippen LogP contribution is -2.45. The first-order valence-corrected chi connectivity index (χ1v) is 11.0. The van der Waals surface area contributed by atoms with Gasteiger partial charge in [0.2, 0.25) is 0 Å². The minimum absolute atomic E-state index is 0.0110. The van der Waals surface area contributed by atoms with Gasteiger partial charge in [0.05, 0.1) is 23.5 Å². The van der Waals surface area contributed by atoms with Crippen LogP contribution in [-0.2, 0) is 24.2 Å². The summed E-state index contributed by atoms with van der Waals surface area (Å²) in [5, 5.41) is 0.698. The number of morpholine rings is 1. The summed E-state index contributed by atoms with van der Waals surface area (Å²) in [6.07, 6.45) is 5.12. The molecular weight excluding hydrogens is 374 g/mol. The van der Waals surface area contributed by atoms with Gasteiger partial charge in [-0.15, -0.1) is 0 Å². The summed E-state index contributed by atoms with van der Waals surface area (Å²) in [5.74, 6) is 1.000. The quantitative estimate of drug-likeness (QED) is 0.621. The molecule has 4 heterocycles. The van der Waals surface area contributed by atoms with Gasteiger partial charge in [0, 0.05) is 45.3 Å². The monoisotopic (exact) mass is 401 g/mol. The molecule has 2 aliphatic rings. The van der Waals surface area contributed by atoms with Crippen molar-refractivity contribution in [1.29, 1.82) is 0 Å². The van der Waals surface area contributed by atoms with Crippen molar-refractivity contribution in [3.8, 4) is 0 Å². The number of fused-ring (bicyclic) bond motifs is 1. The molecule has 7 nitrogen and oxygen atoms in total. The van der Waals surface area contributed by atoms with Crippen LogP contribution in [0.15, 0.2) is 28.3 Å². The van der Waals surface area contributed by atoms with E-state index in [1.807, 2.05) is 12.5 Å². The Kier molecular flexibility index (Phi) is 5.70. The van der Waals surface area contributed by atoms with Crippen LogP contribution < -0.4 is 10.5 Å². The van der Waals surface area contributed by atoms with Gasteiger partial charge in [-0.05, 0) is 31.7 Å². The Labute approximate surface area is 169 Å². The average Bonchev–Trinajstić information content (AvgIpc) is 2.68. The number of nitrogens with zero attached hydrogens (tertiary/aromatic N) is 4. The van der Waals surface area contributed by atoms with E-state index in [9.17, 15) is 4.79 Å². The van der Waals surface area contributed by atoms with Gasteiger partial charge in [-0.3, -0.25) is 9.69 Å². The molecule has 1 fully saturated rings. The summed E-state index contributed by atoms with van der Waals surface area (Å²) < 4.78 is 5.80. The van der Waals surface area contributed by atoms with E-state index in [2.05, 4.69) is 50.7 Å². The lowest BCUT2D eigenvalue weighted by atomic mass is 10.1. The molecule has 2 unspecified atom stereocenters. The fourth-order valence-corrected chi connectivity index (χ4v) is 4.41. The topological polar surface area (TPSA) is 74.4 Å². The Morgan fingerprint density at radius 1 is 1.29 bits per heavy atom. The number of pyridine rings is 1. The molecule has 2 aromatic heterocycles. The van der Waals surface area contributed by atoms with Crippen molar-refractivity contribution in [3.63, 3.8) is 0 Å². The minimum Gasteiger partial charge on any atom is -0.372 e. The minimum atomic E-state index is -0.0110. The van der Waals surface area contributed by atoms with E-state index in [1.165, 1.54) is 11.8 Å². The van der Waals surface area contributed by atoms with E-state index in [0.717, 1.165) is 55.2 Å². The number of hydrogen-bond donors (Lipinski definition) is 1. The standard InChI is InChI=1S/C20H27N5O2S/c1-13-9-25(10-14(2)27-13)18-5-4-15(8-21-18)11-24-7-6-17-16(12-24)19(26)23-20(22-17)28-3/h4-5,8,13-14H,6-7,9-12H2,1-3H3,(H,22,23,26). The highest BCUT2D eigenvalue weighted by atomic mass is 32.2. The van der Waals surface area contributed by atoms with Crippen molar-refractivity contribution in [2.45, 2.75) is 50.7 Å². The maximum atomic E-state index is 12.4. The van der Waals surface area contributed by atoms with Gasteiger partial charge < -0.3 is 14.6 Å². The van der Waals surface area contributed by atoms with Gasteiger partial charge in [0.1, 0.15) is 5.82 Å². The van der Waals surface area contributed by atoms with Gasteiger partial charge in [0.25, 0.3) is 5.56 Å². The highest BCUT2D eigenvalue weighted by molar-refractivity contribution is 7.98. The highest BCUT2D eigenvalue weighted by Gasteiger charge is 2.24. The summed E-state index contributed by atoms with van der Waals surface area (Å²) in [5.41, 5.74) is 2.88. The average molecular weight is 402 g/mol. The predicted octanol–water partition coefficient (Wildman–Crippen LogP) is 2.06. The molecule has 2 atom stereocenters. The summed E-state index contributed by atoms with van der Waals surface area (Å²) in [4.78, 5) is 29.0. The molecule has 150 valence electrons. The maximum absolute atomic E-state index is 12.4. The molecule has 1 saturated heterocycles. The number of hydrogen-bond acceptors (Lipinski definition) is 7. The van der Waals surface area contributed by atoms with Crippen molar-refractivity contribution in [2.24, 2.45) is 0 Å². The van der Waals surface area contributed by atoms with Gasteiger partial charge in [0.15, 0.2) is 5.16 Å². The third-order valence-electron chi connectivity index (χ3n) is 5.28. The van der Waals surface area contributed by atoms with Crippen LogP contribution in [0.2, 0.25) is 0 Å². The summed E-state index contributed by atoms with van der Waals surface area (Å²) in [6, 6.07) is 4.24. The van der Waals surface area contributed by atoms with Crippen LogP contribution in [0.3, 0.4) is 0 Å². The van der Waals surface area contributed by atoms with Crippen LogP contribution in [0.25, 0.3) is 0 Å². The Balaban J connectivity index is 1.42. The SMILES string of the molecule is CSc1nc2c(c(=O)[nH]1)CN(Cc1ccc(N3CC(C)OC(C)C3)nc1)CC2. The Bertz CT molecular complexity index is 875. The maximum Gasteiger partial charge on any atom is 0.256 e. The lowest BCUT2D eigenvalue weighted by molar-refractivity contribution is -0.00546. The zero-order chi connectivity index (χ0) is 19.7. The number of ether oxygens (including phenoxy) is 1. The summed E-state index contributed by atoms with van der Waals surface area (Å²) in [7, 11) is 0. The van der Waals surface area contributed by atoms with E-state index < -0.39 is 0 Å². The summed E-state index contributed by atoms with van der Waals surface area (Å²) in [6.45, 7) is 8.26. The van der Waals surface area contributed by atoms with Crippen LogP contribution in [0.5, 0.6) is 0 Å². The first kappa shape index (κ1) is 19.4. The first-order valence-electron chi connectivity index (χ1n) is 9.75. The van der Waals surface area contributed by atoms with Gasteiger partial charge >= 0.3 is 0 Å². The molecule has 28 heavy (non-hydrogen) atoms. The molecular formula is C20H27N5O2S. The van der Waals surface area contributed by atoms with Gasteiger partial charge in [-0.25, -0.2) is 9.97 Å². The zero-order valence-corrected chi connectivity index (χ0v) is 17.5. The molecule has 8 heteroatoms. The number of anilines is 1. The first-order chi connectivity index (χ1) is 13.5. The van der Waals surface area contributed by atoms with Crippen LogP contribution in [0.1, 0.15) is 30.7 Å². The second kappa shape index (κ2) is 8.23. The van der Waals surface area contributed by atoms with Crippen molar-refractivity contribution in [2.75, 3.05) is 30.8 Å². The van der Waals surface area contributed by atoms with Crippen LogP contribution in [0, 0.1) is 0 Å². The van der Waals surface area contributed by atoms with Crippen molar-refractivity contribution < 1.29 is 4.74 Å². The number of aromatic amines is 1. The number of thioether (sulfide) groups is 1. The molecule has 0 saturated carbocycles. The number of H-pyrrole nitrogens is 1. The Hall–Kier alpha value is -1.90. The lowest BCUT2D eigenvalue weighted by Gasteiger charge is -2.36. The van der Waals surface area contributed by atoms with Crippen LogP contribution in [-0.4, -0.2) is 57.9 Å². The molecule has 0 bridgehead atoms.